The Labute approximate surface area is 227 Å². The molecular weight excluding hydrogens is 500 g/mol. The molecule has 0 bridgehead atoms. The zero-order chi connectivity index (χ0) is 27.5. The van der Waals surface area contributed by atoms with Gasteiger partial charge in [0.15, 0.2) is 0 Å². The van der Waals surface area contributed by atoms with Gasteiger partial charge < -0.3 is 20.2 Å². The van der Waals surface area contributed by atoms with Crippen LogP contribution in [-0.4, -0.2) is 65.0 Å². The summed E-state index contributed by atoms with van der Waals surface area (Å²) in [7, 11) is 0. The third kappa shape index (κ3) is 6.11. The van der Waals surface area contributed by atoms with Gasteiger partial charge in [-0.05, 0) is 85.7 Å². The van der Waals surface area contributed by atoms with Gasteiger partial charge in [-0.2, -0.15) is 0 Å². The number of hydrogen-bond acceptors (Lipinski definition) is 4. The number of nitrogens with one attached hydrogen (secondary N) is 1. The van der Waals surface area contributed by atoms with Crippen molar-refractivity contribution in [2.45, 2.75) is 44.7 Å². The van der Waals surface area contributed by atoms with Gasteiger partial charge in [-0.25, -0.2) is 8.78 Å². The fraction of sp³-hybridized carbons (Fsp3) is 0.355. The third-order valence-corrected chi connectivity index (χ3v) is 7.98. The number of carbonyl (C=O) groups is 2. The van der Waals surface area contributed by atoms with Crippen LogP contribution in [0.25, 0.3) is 11.1 Å². The minimum absolute atomic E-state index is 0.00206. The number of amides is 2. The Morgan fingerprint density at radius 2 is 1.51 bits per heavy atom. The number of nitrogens with zero attached hydrogens (tertiary/aromatic N) is 2. The Balaban J connectivity index is 1.09. The van der Waals surface area contributed by atoms with Gasteiger partial charge >= 0.3 is 0 Å². The summed E-state index contributed by atoms with van der Waals surface area (Å²) < 4.78 is 28.0. The van der Waals surface area contributed by atoms with E-state index >= 15 is 0 Å². The molecule has 0 spiro atoms. The summed E-state index contributed by atoms with van der Waals surface area (Å²) in [5.74, 6) is -1.31. The van der Waals surface area contributed by atoms with Crippen LogP contribution in [0.4, 0.5) is 8.78 Å². The van der Waals surface area contributed by atoms with Gasteiger partial charge in [0, 0.05) is 43.8 Å². The van der Waals surface area contributed by atoms with E-state index in [4.69, 9.17) is 0 Å². The number of aromatic hydroxyl groups is 1. The number of phenolic OH excluding ortho intramolecular Hbond substituents is 1. The van der Waals surface area contributed by atoms with Gasteiger partial charge in [0.1, 0.15) is 17.4 Å². The molecule has 2 saturated heterocycles. The second kappa shape index (κ2) is 11.5. The number of piperidine rings is 2. The number of halogens is 2. The molecule has 0 atom stereocenters. The molecule has 3 aromatic rings. The Kier molecular flexibility index (Phi) is 7.93. The maximum absolute atomic E-state index is 14.8. The standard InChI is InChI=1S/C31H33F2N3O3/c1-20-2-3-23(19-29(20)37)31(39)36-16-12-26(13-17-36)35-14-10-25(11-15-35)34-30(38)27-9-6-22(18-28(27)33)21-4-7-24(32)8-5-21/h2-9,18-19,25-26,37H,10-17H2,1H3,(H,34,38). The normalized spacial score (nSPS) is 17.3. The number of rotatable bonds is 5. The van der Waals surface area contributed by atoms with Crippen LogP contribution in [0.3, 0.4) is 0 Å². The van der Waals surface area contributed by atoms with Crippen molar-refractivity contribution in [3.8, 4) is 16.9 Å². The summed E-state index contributed by atoms with van der Waals surface area (Å²) in [6, 6.07) is 15.7. The van der Waals surface area contributed by atoms with E-state index in [1.165, 1.54) is 30.3 Å². The van der Waals surface area contributed by atoms with E-state index in [0.717, 1.165) is 44.3 Å². The first-order valence-corrected chi connectivity index (χ1v) is 13.5. The number of benzene rings is 3. The van der Waals surface area contributed by atoms with Crippen molar-refractivity contribution >= 4 is 11.8 Å². The first kappa shape index (κ1) is 26.8. The maximum atomic E-state index is 14.8. The lowest BCUT2D eigenvalue weighted by atomic mass is 9.97. The molecular formula is C31H33F2N3O3. The molecule has 0 saturated carbocycles. The third-order valence-electron chi connectivity index (χ3n) is 7.98. The number of carbonyl (C=O) groups excluding carboxylic acids is 2. The highest BCUT2D eigenvalue weighted by molar-refractivity contribution is 5.95. The predicted molar refractivity (Wildman–Crippen MR) is 146 cm³/mol. The van der Waals surface area contributed by atoms with Crippen LogP contribution in [0, 0.1) is 18.6 Å². The summed E-state index contributed by atoms with van der Waals surface area (Å²) in [4.78, 5) is 29.9. The van der Waals surface area contributed by atoms with Gasteiger partial charge in [0.05, 0.1) is 5.56 Å². The lowest BCUT2D eigenvalue weighted by Crippen LogP contribution is -2.51. The molecule has 2 amide bonds. The van der Waals surface area contributed by atoms with E-state index in [-0.39, 0.29) is 29.1 Å². The minimum atomic E-state index is -0.603. The van der Waals surface area contributed by atoms with Crippen molar-refractivity contribution in [3.63, 3.8) is 0 Å². The van der Waals surface area contributed by atoms with E-state index in [9.17, 15) is 23.5 Å². The second-order valence-corrected chi connectivity index (χ2v) is 10.5. The van der Waals surface area contributed by atoms with E-state index in [1.54, 1.807) is 37.3 Å². The Hall–Kier alpha value is -3.78. The topological polar surface area (TPSA) is 72.9 Å². The molecule has 2 fully saturated rings. The SMILES string of the molecule is Cc1ccc(C(=O)N2CCC(N3CCC(NC(=O)c4ccc(-c5ccc(F)cc5)cc4F)CC3)CC2)cc1O. The zero-order valence-electron chi connectivity index (χ0n) is 22.0. The molecule has 2 N–H and O–H groups in total. The molecule has 3 aromatic carbocycles. The van der Waals surface area contributed by atoms with Crippen LogP contribution in [0.15, 0.2) is 60.7 Å². The van der Waals surface area contributed by atoms with Crippen molar-refractivity contribution in [1.82, 2.24) is 15.1 Å². The Bertz CT molecular complexity index is 1350. The summed E-state index contributed by atoms with van der Waals surface area (Å²) in [5.41, 5.74) is 2.52. The molecule has 2 aliphatic heterocycles. The number of likely N-dealkylation sites (tertiary alicyclic amines) is 2. The van der Waals surface area contributed by atoms with Crippen LogP contribution in [0.1, 0.15) is 52.0 Å². The van der Waals surface area contributed by atoms with Crippen molar-refractivity contribution in [2.24, 2.45) is 0 Å². The molecule has 0 aromatic heterocycles. The van der Waals surface area contributed by atoms with Gasteiger partial charge in [0.25, 0.3) is 11.8 Å². The Morgan fingerprint density at radius 3 is 2.15 bits per heavy atom. The van der Waals surface area contributed by atoms with Gasteiger partial charge in [-0.3, -0.25) is 9.59 Å². The van der Waals surface area contributed by atoms with Crippen LogP contribution < -0.4 is 5.32 Å². The fourth-order valence-electron chi connectivity index (χ4n) is 5.55. The van der Waals surface area contributed by atoms with Crippen molar-refractivity contribution < 1.29 is 23.5 Å². The summed E-state index contributed by atoms with van der Waals surface area (Å²) in [5, 5.41) is 12.9. The van der Waals surface area contributed by atoms with Crippen molar-refractivity contribution in [2.75, 3.05) is 26.2 Å². The first-order chi connectivity index (χ1) is 18.8. The molecule has 0 radical (unpaired) electrons. The Morgan fingerprint density at radius 1 is 0.846 bits per heavy atom. The maximum Gasteiger partial charge on any atom is 0.254 e. The lowest BCUT2D eigenvalue weighted by molar-refractivity contribution is 0.0566. The summed E-state index contributed by atoms with van der Waals surface area (Å²) >= 11 is 0. The van der Waals surface area contributed by atoms with Crippen LogP contribution in [0.5, 0.6) is 5.75 Å². The average Bonchev–Trinajstić information content (AvgIpc) is 2.95. The second-order valence-electron chi connectivity index (χ2n) is 10.5. The molecule has 2 aliphatic rings. The van der Waals surface area contributed by atoms with Crippen LogP contribution in [-0.2, 0) is 0 Å². The highest BCUT2D eigenvalue weighted by Gasteiger charge is 2.31. The zero-order valence-corrected chi connectivity index (χ0v) is 22.0. The number of hydrogen-bond donors (Lipinski definition) is 2. The van der Waals surface area contributed by atoms with E-state index < -0.39 is 11.7 Å². The highest BCUT2D eigenvalue weighted by atomic mass is 19.1. The van der Waals surface area contributed by atoms with E-state index in [1.807, 2.05) is 4.90 Å². The molecule has 5 rings (SSSR count). The monoisotopic (exact) mass is 533 g/mol. The molecule has 8 heteroatoms. The van der Waals surface area contributed by atoms with E-state index in [2.05, 4.69) is 10.2 Å². The molecule has 204 valence electrons. The lowest BCUT2D eigenvalue weighted by Gasteiger charge is -2.42. The molecule has 6 nitrogen and oxygen atoms in total. The molecule has 0 aliphatic carbocycles. The van der Waals surface area contributed by atoms with Crippen LogP contribution >= 0.6 is 0 Å². The quantitative estimate of drug-likeness (QED) is 0.476. The first-order valence-electron chi connectivity index (χ1n) is 13.5. The van der Waals surface area contributed by atoms with Gasteiger partial charge in [-0.1, -0.05) is 24.3 Å². The van der Waals surface area contributed by atoms with Gasteiger partial charge in [-0.15, -0.1) is 0 Å². The minimum Gasteiger partial charge on any atom is -0.508 e. The average molecular weight is 534 g/mol. The summed E-state index contributed by atoms with van der Waals surface area (Å²) in [6.07, 6.45) is 3.32. The van der Waals surface area contributed by atoms with E-state index in [0.29, 0.717) is 35.8 Å². The largest absolute Gasteiger partial charge is 0.508 e. The fourth-order valence-corrected chi connectivity index (χ4v) is 5.55. The van der Waals surface area contributed by atoms with Crippen molar-refractivity contribution in [1.29, 1.82) is 0 Å². The molecule has 39 heavy (non-hydrogen) atoms. The molecule has 0 unspecified atom stereocenters. The van der Waals surface area contributed by atoms with Crippen LogP contribution in [0.2, 0.25) is 0 Å². The molecule has 2 heterocycles. The predicted octanol–water partition coefficient (Wildman–Crippen LogP) is 5.14. The highest BCUT2D eigenvalue weighted by Crippen LogP contribution is 2.25. The number of aryl methyl sites for hydroxylation is 1. The van der Waals surface area contributed by atoms with Crippen molar-refractivity contribution in [3.05, 3.63) is 89.0 Å². The summed E-state index contributed by atoms with van der Waals surface area (Å²) in [6.45, 7) is 4.81. The number of phenols is 1. The van der Waals surface area contributed by atoms with Gasteiger partial charge in [0.2, 0.25) is 0 Å². The smallest absolute Gasteiger partial charge is 0.254 e.